The first kappa shape index (κ1) is 22.7. The van der Waals surface area contributed by atoms with Crippen LogP contribution in [0.4, 0.5) is 11.4 Å². The molecule has 37 heavy (non-hydrogen) atoms. The van der Waals surface area contributed by atoms with Gasteiger partial charge in [-0.05, 0) is 46.8 Å². The van der Waals surface area contributed by atoms with E-state index in [0.29, 0.717) is 11.4 Å². The third-order valence-corrected chi connectivity index (χ3v) is 7.37. The molecular weight excluding hydrogens is 474 g/mol. The molecule has 184 valence electrons. The molecule has 3 aromatic rings. The van der Waals surface area contributed by atoms with Crippen LogP contribution in [-0.2, 0) is 9.59 Å². The summed E-state index contributed by atoms with van der Waals surface area (Å²) < 4.78 is 5.19. The van der Waals surface area contributed by atoms with E-state index in [0.717, 1.165) is 15.3 Å². The monoisotopic (exact) mass is 495 g/mol. The normalized spacial score (nSPS) is 23.5. The van der Waals surface area contributed by atoms with Gasteiger partial charge >= 0.3 is 0 Å². The van der Waals surface area contributed by atoms with Crippen molar-refractivity contribution in [2.24, 2.45) is 11.8 Å². The number of nitro groups is 1. The lowest BCUT2D eigenvalue weighted by Gasteiger charge is -2.32. The molecule has 2 fully saturated rings. The van der Waals surface area contributed by atoms with Crippen molar-refractivity contribution in [1.29, 1.82) is 0 Å². The summed E-state index contributed by atoms with van der Waals surface area (Å²) in [6, 6.07) is 18.2. The highest BCUT2D eigenvalue weighted by Gasteiger charge is 2.63. The molecule has 0 spiro atoms. The Labute approximate surface area is 211 Å². The van der Waals surface area contributed by atoms with Crippen molar-refractivity contribution in [3.8, 4) is 5.75 Å². The molecule has 6 rings (SSSR count). The van der Waals surface area contributed by atoms with Gasteiger partial charge in [0.2, 0.25) is 11.8 Å². The van der Waals surface area contributed by atoms with Crippen molar-refractivity contribution >= 4 is 41.2 Å². The lowest BCUT2D eigenvalue weighted by molar-refractivity contribution is -0.384. The van der Waals surface area contributed by atoms with Crippen LogP contribution in [0, 0.1) is 22.0 Å². The number of amides is 2. The van der Waals surface area contributed by atoms with Gasteiger partial charge in [0.25, 0.3) is 5.69 Å². The number of methoxy groups -OCH3 is 1. The van der Waals surface area contributed by atoms with Gasteiger partial charge in [0, 0.05) is 23.9 Å². The highest BCUT2D eigenvalue weighted by Crippen LogP contribution is 2.46. The summed E-state index contributed by atoms with van der Waals surface area (Å²) in [5.41, 5.74) is 0.521. The van der Waals surface area contributed by atoms with E-state index in [-0.39, 0.29) is 22.9 Å². The average Bonchev–Trinajstić information content (AvgIpc) is 3.38. The van der Waals surface area contributed by atoms with Crippen LogP contribution < -0.4 is 20.1 Å². The van der Waals surface area contributed by atoms with Gasteiger partial charge in [-0.15, -0.1) is 0 Å². The molecule has 2 amide bonds. The van der Waals surface area contributed by atoms with E-state index in [4.69, 9.17) is 4.74 Å². The van der Waals surface area contributed by atoms with Crippen molar-refractivity contribution in [1.82, 2.24) is 4.90 Å². The topological polar surface area (TPSA) is 110 Å². The fourth-order valence-electron chi connectivity index (χ4n) is 5.64. The summed E-state index contributed by atoms with van der Waals surface area (Å²) in [5.74, 6) is -2.25. The predicted molar refractivity (Wildman–Crippen MR) is 134 cm³/mol. The number of hydrogen-bond acceptors (Lipinski definition) is 7. The zero-order valence-electron chi connectivity index (χ0n) is 19.7. The SMILES string of the molecule is COc1ccc(N2C(=O)C3C(C2=O)C(C(=O)c2ccc([N+](=O)[O-])cc2)N2C=c4ccccc4=CC32)cc1. The number of ether oxygens (including phenoxy) is 1. The molecule has 0 bridgehead atoms. The van der Waals surface area contributed by atoms with E-state index in [1.807, 2.05) is 41.4 Å². The molecule has 0 N–H and O–H groups in total. The van der Waals surface area contributed by atoms with Crippen molar-refractivity contribution in [3.63, 3.8) is 0 Å². The van der Waals surface area contributed by atoms with Gasteiger partial charge < -0.3 is 9.64 Å². The second-order valence-electron chi connectivity index (χ2n) is 9.24. The summed E-state index contributed by atoms with van der Waals surface area (Å²) in [7, 11) is 1.53. The van der Waals surface area contributed by atoms with Gasteiger partial charge in [-0.3, -0.25) is 24.5 Å². The van der Waals surface area contributed by atoms with Crippen LogP contribution in [0.3, 0.4) is 0 Å². The van der Waals surface area contributed by atoms with Crippen LogP contribution in [0.2, 0.25) is 0 Å². The number of carbonyl (C=O) groups excluding carboxylic acids is 3. The van der Waals surface area contributed by atoms with Crippen LogP contribution in [0.5, 0.6) is 5.75 Å². The number of rotatable bonds is 5. The highest BCUT2D eigenvalue weighted by atomic mass is 16.6. The van der Waals surface area contributed by atoms with E-state index in [9.17, 15) is 24.5 Å². The zero-order valence-corrected chi connectivity index (χ0v) is 19.7. The number of anilines is 1. The van der Waals surface area contributed by atoms with Crippen LogP contribution in [0.25, 0.3) is 12.3 Å². The summed E-state index contributed by atoms with van der Waals surface area (Å²) in [4.78, 5) is 55.0. The molecule has 0 aromatic heterocycles. The first-order chi connectivity index (χ1) is 17.9. The molecule has 3 heterocycles. The number of nitro benzene ring substituents is 1. The van der Waals surface area contributed by atoms with E-state index < -0.39 is 34.7 Å². The van der Waals surface area contributed by atoms with Crippen molar-refractivity contribution in [2.45, 2.75) is 12.1 Å². The molecule has 4 atom stereocenters. The molecule has 3 aromatic carbocycles. The van der Waals surface area contributed by atoms with Crippen LogP contribution in [0.15, 0.2) is 72.8 Å². The van der Waals surface area contributed by atoms with Crippen LogP contribution in [0.1, 0.15) is 10.4 Å². The Bertz CT molecular complexity index is 1580. The number of imide groups is 1. The highest BCUT2D eigenvalue weighted by molar-refractivity contribution is 6.25. The fraction of sp³-hybridized carbons (Fsp3) is 0.179. The smallest absolute Gasteiger partial charge is 0.269 e. The van der Waals surface area contributed by atoms with Crippen molar-refractivity contribution < 1.29 is 24.0 Å². The maximum absolute atomic E-state index is 13.9. The summed E-state index contributed by atoms with van der Waals surface area (Å²) in [6.07, 6.45) is 3.78. The quantitative estimate of drug-likeness (QED) is 0.230. The third-order valence-electron chi connectivity index (χ3n) is 7.37. The predicted octanol–water partition coefficient (Wildman–Crippen LogP) is 1.88. The number of ketones is 1. The third kappa shape index (κ3) is 3.42. The molecule has 4 unspecified atom stereocenters. The number of Topliss-reactive ketones (excluding diaryl/α,β-unsaturated/α-hetero) is 1. The van der Waals surface area contributed by atoms with Crippen molar-refractivity contribution in [3.05, 3.63) is 98.9 Å². The van der Waals surface area contributed by atoms with Gasteiger partial charge in [-0.1, -0.05) is 30.3 Å². The number of benzene rings is 3. The number of carbonyl (C=O) groups is 3. The average molecular weight is 495 g/mol. The molecule has 9 nitrogen and oxygen atoms in total. The maximum atomic E-state index is 13.9. The second-order valence-corrected chi connectivity index (χ2v) is 9.24. The summed E-state index contributed by atoms with van der Waals surface area (Å²) in [5, 5.41) is 12.9. The molecular formula is C28H21N3O6. The molecule has 3 aliphatic rings. The Morgan fingerprint density at radius 1 is 0.892 bits per heavy atom. The van der Waals surface area contributed by atoms with Gasteiger partial charge in [-0.25, -0.2) is 4.90 Å². The minimum atomic E-state index is -0.944. The maximum Gasteiger partial charge on any atom is 0.269 e. The zero-order chi connectivity index (χ0) is 25.8. The standard InChI is InChI=1S/C28H21N3O6/c1-37-21-12-10-19(11-13-21)30-27(33)23-22-14-17-4-2-3-5-18(17)15-29(22)25(24(23)28(30)34)26(32)16-6-8-20(9-7-16)31(35)36/h2-15,22-25H,1H3. The fourth-order valence-corrected chi connectivity index (χ4v) is 5.64. The minimum absolute atomic E-state index is 0.136. The van der Waals surface area contributed by atoms with Gasteiger partial charge in [0.1, 0.15) is 11.8 Å². The molecule has 0 radical (unpaired) electrons. The molecule has 3 aliphatic heterocycles. The Hall–Kier alpha value is -4.79. The first-order valence-corrected chi connectivity index (χ1v) is 11.8. The molecule has 0 aliphatic carbocycles. The molecule has 2 saturated heterocycles. The largest absolute Gasteiger partial charge is 0.497 e. The molecule has 9 heteroatoms. The Kier molecular flexibility index (Phi) is 5.15. The van der Waals surface area contributed by atoms with Gasteiger partial charge in [-0.2, -0.15) is 0 Å². The van der Waals surface area contributed by atoms with Crippen LogP contribution >= 0.6 is 0 Å². The van der Waals surface area contributed by atoms with E-state index >= 15 is 0 Å². The van der Waals surface area contributed by atoms with Gasteiger partial charge in [0.15, 0.2) is 5.78 Å². The lowest BCUT2D eigenvalue weighted by atomic mass is 9.86. The van der Waals surface area contributed by atoms with Gasteiger partial charge in [0.05, 0.1) is 35.6 Å². The Balaban J connectivity index is 1.46. The first-order valence-electron chi connectivity index (χ1n) is 11.8. The van der Waals surface area contributed by atoms with E-state index in [1.165, 1.54) is 31.4 Å². The van der Waals surface area contributed by atoms with Crippen LogP contribution in [-0.4, -0.2) is 46.6 Å². The number of hydrogen-bond donors (Lipinski definition) is 0. The Morgan fingerprint density at radius 3 is 2.19 bits per heavy atom. The number of non-ortho nitro benzene ring substituents is 1. The Morgan fingerprint density at radius 2 is 1.54 bits per heavy atom. The number of fused-ring (bicyclic) bond motifs is 4. The summed E-state index contributed by atoms with van der Waals surface area (Å²) >= 11 is 0. The second kappa shape index (κ2) is 8.41. The number of nitrogens with zero attached hydrogens (tertiary/aromatic N) is 3. The summed E-state index contributed by atoms with van der Waals surface area (Å²) in [6.45, 7) is 0. The lowest BCUT2D eigenvalue weighted by Crippen LogP contribution is -2.49. The molecule has 0 saturated carbocycles. The van der Waals surface area contributed by atoms with E-state index in [2.05, 4.69) is 0 Å². The van der Waals surface area contributed by atoms with Crippen molar-refractivity contribution in [2.75, 3.05) is 12.0 Å². The van der Waals surface area contributed by atoms with E-state index in [1.54, 1.807) is 24.3 Å². The minimum Gasteiger partial charge on any atom is -0.497 e.